The van der Waals surface area contributed by atoms with Crippen molar-refractivity contribution in [1.82, 2.24) is 9.55 Å². The molecule has 1 heterocycles. The minimum atomic E-state index is -0.939. The number of amides is 1. The Balaban J connectivity index is 1.69. The van der Waals surface area contributed by atoms with E-state index < -0.39 is 5.97 Å². The van der Waals surface area contributed by atoms with Crippen LogP contribution in [0.1, 0.15) is 54.5 Å². The number of aromatic carboxylic acids is 1. The summed E-state index contributed by atoms with van der Waals surface area (Å²) in [5, 5.41) is 12.7. The lowest BCUT2D eigenvalue weighted by Crippen LogP contribution is -2.28. The van der Waals surface area contributed by atoms with E-state index in [4.69, 9.17) is 4.98 Å². The minimum absolute atomic E-state index is 0.0224. The molecule has 0 saturated carbocycles. The molecule has 198 valence electrons. The number of anilines is 1. The number of carboxylic acids is 1. The van der Waals surface area contributed by atoms with Crippen molar-refractivity contribution in [2.75, 3.05) is 11.1 Å². The van der Waals surface area contributed by atoms with Gasteiger partial charge in [-0.1, -0.05) is 63.2 Å². The lowest BCUT2D eigenvalue weighted by atomic mass is 9.97. The van der Waals surface area contributed by atoms with Gasteiger partial charge in [-0.15, -0.1) is 0 Å². The first-order valence-corrected chi connectivity index (χ1v) is 13.7. The van der Waals surface area contributed by atoms with Crippen molar-refractivity contribution in [1.29, 1.82) is 0 Å². The highest BCUT2D eigenvalue weighted by Crippen LogP contribution is 2.28. The van der Waals surface area contributed by atoms with E-state index in [9.17, 15) is 14.7 Å². The van der Waals surface area contributed by atoms with Gasteiger partial charge in [0.2, 0.25) is 5.91 Å². The molecule has 0 unspecified atom stereocenters. The zero-order valence-electron chi connectivity index (χ0n) is 22.4. The summed E-state index contributed by atoms with van der Waals surface area (Å²) in [6.45, 7) is 8.85. The lowest BCUT2D eigenvalue weighted by molar-refractivity contribution is -0.120. The third-order valence-electron chi connectivity index (χ3n) is 6.97. The van der Waals surface area contributed by atoms with Gasteiger partial charge in [-0.25, -0.2) is 9.78 Å². The molecule has 0 saturated heterocycles. The number of imidazole rings is 1. The summed E-state index contributed by atoms with van der Waals surface area (Å²) >= 11 is 4.38. The minimum Gasteiger partial charge on any atom is -0.478 e. The quantitative estimate of drug-likeness (QED) is 0.196. The number of nitrogens with one attached hydrogen (secondary N) is 1. The number of aryl methyl sites for hydroxylation is 2. The van der Waals surface area contributed by atoms with Crippen LogP contribution in [-0.2, 0) is 17.8 Å². The van der Waals surface area contributed by atoms with Crippen LogP contribution in [0.3, 0.4) is 0 Å². The maximum atomic E-state index is 12.9. The monoisotopic (exact) mass is 529 g/mol. The first-order chi connectivity index (χ1) is 18.2. The second kappa shape index (κ2) is 11.9. The van der Waals surface area contributed by atoms with Crippen molar-refractivity contribution >= 4 is 41.2 Å². The van der Waals surface area contributed by atoms with E-state index in [0.29, 0.717) is 17.9 Å². The zero-order valence-corrected chi connectivity index (χ0v) is 23.3. The molecular weight excluding hydrogens is 494 g/mol. The fourth-order valence-electron chi connectivity index (χ4n) is 4.83. The predicted octanol–water partition coefficient (Wildman–Crippen LogP) is 6.85. The molecule has 0 aliphatic carbocycles. The number of benzene rings is 3. The normalized spacial score (nSPS) is 12.2. The Morgan fingerprint density at radius 1 is 1.08 bits per heavy atom. The number of carbonyl (C=O) groups excluding carboxylic acids is 1. The van der Waals surface area contributed by atoms with Crippen molar-refractivity contribution in [3.63, 3.8) is 0 Å². The summed E-state index contributed by atoms with van der Waals surface area (Å²) < 4.78 is 2.22. The topological polar surface area (TPSA) is 84.2 Å². The SMILES string of the molecule is CCCc1nc2c(C)cc(NC(=O)[C@H](CS)C(C)C)cc2n1Cc1ccc(-c2ccccc2C(=O)O)cc1. The smallest absolute Gasteiger partial charge is 0.336 e. The molecular formula is C31H35N3O3S. The van der Waals surface area contributed by atoms with E-state index in [1.54, 1.807) is 12.1 Å². The zero-order chi connectivity index (χ0) is 27.4. The van der Waals surface area contributed by atoms with Gasteiger partial charge in [0.15, 0.2) is 0 Å². The summed E-state index contributed by atoms with van der Waals surface area (Å²) in [5.74, 6) is 0.571. The van der Waals surface area contributed by atoms with Gasteiger partial charge < -0.3 is 15.0 Å². The summed E-state index contributed by atoms with van der Waals surface area (Å²) in [6, 6.07) is 19.0. The van der Waals surface area contributed by atoms with Crippen LogP contribution in [0.25, 0.3) is 22.2 Å². The van der Waals surface area contributed by atoms with Gasteiger partial charge in [-0.05, 0) is 59.7 Å². The summed E-state index contributed by atoms with van der Waals surface area (Å²) in [4.78, 5) is 29.5. The summed E-state index contributed by atoms with van der Waals surface area (Å²) in [7, 11) is 0. The molecule has 1 atom stereocenters. The maximum Gasteiger partial charge on any atom is 0.336 e. The van der Waals surface area contributed by atoms with Crippen LogP contribution < -0.4 is 5.32 Å². The fraction of sp³-hybridized carbons (Fsp3) is 0.323. The van der Waals surface area contributed by atoms with E-state index in [2.05, 4.69) is 29.4 Å². The van der Waals surface area contributed by atoms with Crippen molar-refractivity contribution in [3.8, 4) is 11.1 Å². The van der Waals surface area contributed by atoms with Gasteiger partial charge in [-0.3, -0.25) is 4.79 Å². The number of fused-ring (bicyclic) bond motifs is 1. The Morgan fingerprint density at radius 2 is 1.79 bits per heavy atom. The largest absolute Gasteiger partial charge is 0.478 e. The van der Waals surface area contributed by atoms with Crippen molar-refractivity contribution in [2.24, 2.45) is 11.8 Å². The molecule has 7 heteroatoms. The fourth-order valence-corrected chi connectivity index (χ4v) is 5.42. The Hall–Kier alpha value is -3.58. The molecule has 4 aromatic rings. The molecule has 0 aliphatic heterocycles. The van der Waals surface area contributed by atoms with Gasteiger partial charge in [0.05, 0.1) is 16.6 Å². The summed E-state index contributed by atoms with van der Waals surface area (Å²) in [6.07, 6.45) is 1.81. The second-order valence-corrected chi connectivity index (χ2v) is 10.5. The van der Waals surface area contributed by atoms with E-state index in [-0.39, 0.29) is 23.3 Å². The van der Waals surface area contributed by atoms with Gasteiger partial charge >= 0.3 is 5.97 Å². The van der Waals surface area contributed by atoms with E-state index in [1.165, 1.54) is 0 Å². The number of aromatic nitrogens is 2. The number of carbonyl (C=O) groups is 2. The molecule has 38 heavy (non-hydrogen) atoms. The average Bonchev–Trinajstić information content (AvgIpc) is 3.22. The van der Waals surface area contributed by atoms with Gasteiger partial charge in [0.1, 0.15) is 5.82 Å². The van der Waals surface area contributed by atoms with E-state index >= 15 is 0 Å². The first-order valence-electron chi connectivity index (χ1n) is 13.1. The van der Waals surface area contributed by atoms with Crippen LogP contribution >= 0.6 is 12.6 Å². The Bertz CT molecular complexity index is 1460. The van der Waals surface area contributed by atoms with Crippen LogP contribution in [0, 0.1) is 18.8 Å². The first kappa shape index (κ1) is 27.5. The van der Waals surface area contributed by atoms with Crippen LogP contribution in [0.15, 0.2) is 60.7 Å². The Morgan fingerprint density at radius 3 is 2.42 bits per heavy atom. The molecule has 1 amide bonds. The van der Waals surface area contributed by atoms with Crippen LogP contribution in [0.5, 0.6) is 0 Å². The Kier molecular flexibility index (Phi) is 8.57. The molecule has 3 aromatic carbocycles. The second-order valence-electron chi connectivity index (χ2n) is 10.1. The molecule has 4 rings (SSSR count). The highest BCUT2D eigenvalue weighted by molar-refractivity contribution is 7.80. The Labute approximate surface area is 229 Å². The van der Waals surface area contributed by atoms with Crippen LogP contribution in [0.4, 0.5) is 5.69 Å². The molecule has 0 radical (unpaired) electrons. The average molecular weight is 530 g/mol. The van der Waals surface area contributed by atoms with Crippen molar-refractivity contribution in [2.45, 2.75) is 47.1 Å². The molecule has 6 nitrogen and oxygen atoms in total. The van der Waals surface area contributed by atoms with Gasteiger partial charge in [0, 0.05) is 30.3 Å². The highest BCUT2D eigenvalue weighted by Gasteiger charge is 2.22. The van der Waals surface area contributed by atoms with Crippen molar-refractivity contribution in [3.05, 3.63) is 83.2 Å². The third kappa shape index (κ3) is 5.78. The lowest BCUT2D eigenvalue weighted by Gasteiger charge is -2.18. The maximum absolute atomic E-state index is 12.9. The number of nitrogens with zero attached hydrogens (tertiary/aromatic N) is 2. The van der Waals surface area contributed by atoms with E-state index in [1.807, 2.05) is 69.3 Å². The molecule has 0 fully saturated rings. The predicted molar refractivity (Wildman–Crippen MR) is 157 cm³/mol. The molecule has 2 N–H and O–H groups in total. The van der Waals surface area contributed by atoms with Gasteiger partial charge in [-0.2, -0.15) is 12.6 Å². The molecule has 1 aromatic heterocycles. The standard InChI is InChI=1S/C31H35N3O3S/c1-5-8-28-33-29-20(4)15-23(32-30(35)26(18-38)19(2)3)16-27(29)34(28)17-21-11-13-22(14-12-21)24-9-6-7-10-25(24)31(36)37/h6-7,9-16,19,26,38H,5,8,17-18H2,1-4H3,(H,32,35)(H,36,37)/t26-/m1/s1. The molecule has 0 aliphatic rings. The number of carboxylic acid groups (broad SMARTS) is 1. The number of hydrogen-bond acceptors (Lipinski definition) is 4. The highest BCUT2D eigenvalue weighted by atomic mass is 32.1. The van der Waals surface area contributed by atoms with Crippen LogP contribution in [-0.4, -0.2) is 32.3 Å². The van der Waals surface area contributed by atoms with Crippen LogP contribution in [0.2, 0.25) is 0 Å². The van der Waals surface area contributed by atoms with E-state index in [0.717, 1.165) is 52.1 Å². The molecule has 0 spiro atoms. The summed E-state index contributed by atoms with van der Waals surface area (Å²) in [5.41, 5.74) is 6.63. The van der Waals surface area contributed by atoms with Crippen molar-refractivity contribution < 1.29 is 14.7 Å². The number of rotatable bonds is 10. The number of thiol groups is 1. The number of hydrogen-bond donors (Lipinski definition) is 3. The van der Waals surface area contributed by atoms with Gasteiger partial charge in [0.25, 0.3) is 0 Å². The molecule has 0 bridgehead atoms. The third-order valence-corrected chi connectivity index (χ3v) is 7.36.